The van der Waals surface area contributed by atoms with Gasteiger partial charge in [-0.05, 0) is 179 Å². The van der Waals surface area contributed by atoms with Gasteiger partial charge in [-0.3, -0.25) is 0 Å². The van der Waals surface area contributed by atoms with Gasteiger partial charge in [0.05, 0.1) is 11.1 Å². The topological polar surface area (TPSA) is 3.24 Å². The van der Waals surface area contributed by atoms with E-state index in [2.05, 4.69) is 278 Å². The fourth-order valence-corrected chi connectivity index (χ4v) is 14.2. The van der Waals surface area contributed by atoms with Crippen molar-refractivity contribution in [2.75, 3.05) is 4.90 Å². The lowest BCUT2D eigenvalue weighted by molar-refractivity contribution is 0.794. The zero-order valence-electron chi connectivity index (χ0n) is 41.4. The van der Waals surface area contributed by atoms with E-state index in [1.807, 2.05) is 0 Å². The number of rotatable bonds is 4. The van der Waals surface area contributed by atoms with Crippen molar-refractivity contribution in [3.05, 3.63) is 295 Å². The molecule has 2 aliphatic carbocycles. The Morgan fingerprint density at radius 1 is 0.211 bits per heavy atom. The van der Waals surface area contributed by atoms with Crippen LogP contribution in [0.15, 0.2) is 273 Å². The predicted octanol–water partition coefficient (Wildman–Crippen LogP) is 20.4. The molecule has 76 heavy (non-hydrogen) atoms. The quantitative estimate of drug-likeness (QED) is 0.159. The second-order valence-electron chi connectivity index (χ2n) is 21.0. The Bertz CT molecular complexity index is 4740. The first-order valence-electron chi connectivity index (χ1n) is 26.6. The van der Waals surface area contributed by atoms with Crippen LogP contribution in [0.4, 0.5) is 17.1 Å². The zero-order chi connectivity index (χ0) is 49.6. The number of anilines is 3. The van der Waals surface area contributed by atoms with Crippen molar-refractivity contribution in [3.8, 4) is 33.4 Å². The van der Waals surface area contributed by atoms with E-state index in [1.54, 1.807) is 0 Å². The molecular formula is C75H45N. The monoisotopic (exact) mass is 959 g/mol. The molecule has 0 fully saturated rings. The van der Waals surface area contributed by atoms with Gasteiger partial charge in [0.15, 0.2) is 0 Å². The standard InChI is InChI=1S/C75H45N/c1-2-18-51-46(17-1)33-34-47-35-36-48(41-65(47)51)66-44-69-64-29-13-16-32-72(64)75(70-30-14-11-27-62(70)63-28-12-15-31-71(63)75)73(69)45-74(66)76(49-37-39-60-56-23-5-3-19-52(56)54-21-7-9-25-58(54)67(60)42-49)50-38-40-61-57-24-6-4-20-53(57)55-22-8-10-26-59(55)68(61)43-50/h1-45H. The fraction of sp³-hybridized carbons (Fsp3) is 0.0133. The van der Waals surface area contributed by atoms with Crippen LogP contribution in [-0.2, 0) is 5.41 Å². The molecule has 0 heterocycles. The van der Waals surface area contributed by atoms with Gasteiger partial charge < -0.3 is 4.90 Å². The first kappa shape index (κ1) is 41.6. The van der Waals surface area contributed by atoms with E-state index in [0.29, 0.717) is 0 Å². The third kappa shape index (κ3) is 5.58. The average molecular weight is 960 g/mol. The number of benzene rings is 15. The number of hydrogen-bond donors (Lipinski definition) is 0. The minimum absolute atomic E-state index is 0.547. The SMILES string of the molecule is c1ccc2c(c1)-c1ccccc1C21c2ccccc2-c2cc(-c3ccc4ccc5ccccc5c4c3)c(N(c3ccc4c5ccccc5c5ccccc5c4c3)c3ccc4c5ccccc5c5ccccc5c4c3)cc21. The zero-order valence-corrected chi connectivity index (χ0v) is 41.4. The lowest BCUT2D eigenvalue weighted by Crippen LogP contribution is -2.26. The van der Waals surface area contributed by atoms with Crippen molar-refractivity contribution in [3.63, 3.8) is 0 Å². The van der Waals surface area contributed by atoms with Gasteiger partial charge in [-0.1, -0.05) is 231 Å². The second kappa shape index (κ2) is 15.6. The summed E-state index contributed by atoms with van der Waals surface area (Å²) in [5, 5.41) is 20.0. The Hall–Kier alpha value is -9.82. The molecule has 2 aliphatic rings. The molecule has 15 aromatic carbocycles. The van der Waals surface area contributed by atoms with E-state index in [9.17, 15) is 0 Å². The Kier molecular flexibility index (Phi) is 8.55. The minimum atomic E-state index is -0.547. The van der Waals surface area contributed by atoms with Crippen molar-refractivity contribution in [1.29, 1.82) is 0 Å². The lowest BCUT2D eigenvalue weighted by atomic mass is 9.70. The van der Waals surface area contributed by atoms with Gasteiger partial charge in [0.25, 0.3) is 0 Å². The van der Waals surface area contributed by atoms with Gasteiger partial charge in [0.1, 0.15) is 0 Å². The van der Waals surface area contributed by atoms with E-state index in [1.165, 1.54) is 142 Å². The Morgan fingerprint density at radius 2 is 0.579 bits per heavy atom. The maximum absolute atomic E-state index is 2.60. The summed E-state index contributed by atoms with van der Waals surface area (Å²) < 4.78 is 0. The molecule has 350 valence electrons. The Labute approximate surface area is 439 Å². The van der Waals surface area contributed by atoms with Crippen LogP contribution in [0.1, 0.15) is 22.3 Å². The molecule has 0 bridgehead atoms. The number of nitrogens with zero attached hydrogens (tertiary/aromatic N) is 1. The van der Waals surface area contributed by atoms with Crippen molar-refractivity contribution >= 4 is 103 Å². The highest BCUT2D eigenvalue weighted by Crippen LogP contribution is 2.64. The van der Waals surface area contributed by atoms with Crippen LogP contribution in [0.25, 0.3) is 120 Å². The highest BCUT2D eigenvalue weighted by molar-refractivity contribution is 6.27. The van der Waals surface area contributed by atoms with Crippen LogP contribution in [0.3, 0.4) is 0 Å². The van der Waals surface area contributed by atoms with Crippen LogP contribution < -0.4 is 4.90 Å². The molecule has 0 amide bonds. The minimum Gasteiger partial charge on any atom is -0.310 e. The number of fused-ring (bicyclic) bond motifs is 25. The maximum Gasteiger partial charge on any atom is 0.0726 e. The summed E-state index contributed by atoms with van der Waals surface area (Å²) in [5.41, 5.74) is 15.6. The molecule has 0 aromatic heterocycles. The largest absolute Gasteiger partial charge is 0.310 e. The molecule has 15 aromatic rings. The van der Waals surface area contributed by atoms with Gasteiger partial charge in [-0.2, -0.15) is 0 Å². The molecule has 0 saturated carbocycles. The predicted molar refractivity (Wildman–Crippen MR) is 323 cm³/mol. The highest BCUT2D eigenvalue weighted by Gasteiger charge is 2.52. The summed E-state index contributed by atoms with van der Waals surface area (Å²) in [6.45, 7) is 0. The van der Waals surface area contributed by atoms with E-state index >= 15 is 0 Å². The first-order valence-corrected chi connectivity index (χ1v) is 26.6. The van der Waals surface area contributed by atoms with Crippen LogP contribution in [0.2, 0.25) is 0 Å². The van der Waals surface area contributed by atoms with Crippen molar-refractivity contribution in [1.82, 2.24) is 0 Å². The highest BCUT2D eigenvalue weighted by atomic mass is 15.1. The average Bonchev–Trinajstić information content (AvgIpc) is 4.17. The second-order valence-corrected chi connectivity index (χ2v) is 21.0. The van der Waals surface area contributed by atoms with Gasteiger partial charge in [0.2, 0.25) is 0 Å². The molecule has 0 atom stereocenters. The van der Waals surface area contributed by atoms with Crippen LogP contribution >= 0.6 is 0 Å². The van der Waals surface area contributed by atoms with E-state index < -0.39 is 5.41 Å². The molecule has 17 rings (SSSR count). The summed E-state index contributed by atoms with van der Waals surface area (Å²) in [5.74, 6) is 0. The molecule has 1 nitrogen and oxygen atoms in total. The summed E-state index contributed by atoms with van der Waals surface area (Å²) >= 11 is 0. The number of hydrogen-bond acceptors (Lipinski definition) is 1. The van der Waals surface area contributed by atoms with Crippen molar-refractivity contribution in [2.24, 2.45) is 0 Å². The first-order chi connectivity index (χ1) is 37.7. The summed E-state index contributed by atoms with van der Waals surface area (Å²) in [6.07, 6.45) is 0. The van der Waals surface area contributed by atoms with Gasteiger partial charge in [-0.15, -0.1) is 0 Å². The van der Waals surface area contributed by atoms with E-state index in [-0.39, 0.29) is 0 Å². The third-order valence-corrected chi connectivity index (χ3v) is 17.4. The molecule has 0 N–H and O–H groups in total. The fourth-order valence-electron chi connectivity index (χ4n) is 14.2. The van der Waals surface area contributed by atoms with E-state index in [4.69, 9.17) is 0 Å². The van der Waals surface area contributed by atoms with Gasteiger partial charge in [0, 0.05) is 16.9 Å². The summed E-state index contributed by atoms with van der Waals surface area (Å²) in [7, 11) is 0. The molecule has 0 radical (unpaired) electrons. The van der Waals surface area contributed by atoms with Crippen LogP contribution in [0, 0.1) is 0 Å². The van der Waals surface area contributed by atoms with Crippen LogP contribution in [0.5, 0.6) is 0 Å². The molecule has 1 heteroatoms. The lowest BCUT2D eigenvalue weighted by Gasteiger charge is -2.33. The van der Waals surface area contributed by atoms with Crippen molar-refractivity contribution < 1.29 is 0 Å². The Balaban J connectivity index is 1.04. The Morgan fingerprint density at radius 3 is 1.07 bits per heavy atom. The van der Waals surface area contributed by atoms with Crippen molar-refractivity contribution in [2.45, 2.75) is 5.41 Å². The smallest absolute Gasteiger partial charge is 0.0726 e. The van der Waals surface area contributed by atoms with Crippen LogP contribution in [-0.4, -0.2) is 0 Å². The normalized spacial score (nSPS) is 13.1. The molecule has 1 spiro atoms. The molecular weight excluding hydrogens is 915 g/mol. The molecule has 0 aliphatic heterocycles. The third-order valence-electron chi connectivity index (χ3n) is 17.4. The van der Waals surface area contributed by atoms with E-state index in [0.717, 1.165) is 17.1 Å². The molecule has 0 unspecified atom stereocenters. The van der Waals surface area contributed by atoms with Gasteiger partial charge in [-0.25, -0.2) is 0 Å². The van der Waals surface area contributed by atoms with Gasteiger partial charge >= 0.3 is 0 Å². The molecule has 0 saturated heterocycles. The summed E-state index contributed by atoms with van der Waals surface area (Å²) in [4.78, 5) is 2.60. The maximum atomic E-state index is 2.60. The summed E-state index contributed by atoms with van der Waals surface area (Å²) in [6, 6.07) is 103.